The van der Waals surface area contributed by atoms with Crippen LogP contribution >= 0.6 is 0 Å². The van der Waals surface area contributed by atoms with E-state index >= 15 is 0 Å². The monoisotopic (exact) mass is 469 g/mol. The highest BCUT2D eigenvalue weighted by Crippen LogP contribution is 2.42. The Balaban J connectivity index is 2.19. The molecule has 0 saturated heterocycles. The van der Waals surface area contributed by atoms with Crippen LogP contribution in [0.5, 0.6) is 0 Å². The van der Waals surface area contributed by atoms with Gasteiger partial charge in [0.1, 0.15) is 0 Å². The number of anilines is 3. The van der Waals surface area contributed by atoms with E-state index in [1.807, 2.05) is 0 Å². The minimum Gasteiger partial charge on any atom is -0.310 e. The zero-order valence-corrected chi connectivity index (χ0v) is 24.1. The van der Waals surface area contributed by atoms with Crippen molar-refractivity contribution in [2.24, 2.45) is 0 Å². The molecule has 0 amide bonds. The van der Waals surface area contributed by atoms with E-state index in [1.165, 1.54) is 44.9 Å². The van der Waals surface area contributed by atoms with Gasteiger partial charge >= 0.3 is 0 Å². The minimum absolute atomic E-state index is 0.125. The maximum atomic E-state index is 2.45. The molecule has 3 aromatic carbocycles. The summed E-state index contributed by atoms with van der Waals surface area (Å²) in [6.45, 7) is 25.2. The molecular formula is C34H47N. The molecule has 1 nitrogen and oxygen atoms in total. The Bertz CT molecular complexity index is 1060. The quantitative estimate of drug-likeness (QED) is 0.332. The molecule has 3 rings (SSSR count). The van der Waals surface area contributed by atoms with Crippen molar-refractivity contribution >= 4 is 17.1 Å². The molecule has 0 saturated carbocycles. The van der Waals surface area contributed by atoms with Crippen molar-refractivity contribution in [3.63, 3.8) is 0 Å². The fourth-order valence-electron chi connectivity index (χ4n) is 4.68. The summed E-state index contributed by atoms with van der Waals surface area (Å²) in [7, 11) is 0. The van der Waals surface area contributed by atoms with Gasteiger partial charge in [-0.2, -0.15) is 0 Å². The van der Waals surface area contributed by atoms with Crippen LogP contribution in [0.25, 0.3) is 0 Å². The lowest BCUT2D eigenvalue weighted by Crippen LogP contribution is -2.18. The van der Waals surface area contributed by atoms with E-state index in [2.05, 4.69) is 142 Å². The Morgan fingerprint density at radius 1 is 0.543 bits per heavy atom. The Labute approximate surface area is 215 Å². The van der Waals surface area contributed by atoms with E-state index in [-0.39, 0.29) is 16.2 Å². The highest BCUT2D eigenvalue weighted by atomic mass is 15.1. The molecular weight excluding hydrogens is 422 g/mol. The Morgan fingerprint density at radius 3 is 1.17 bits per heavy atom. The Kier molecular flexibility index (Phi) is 7.61. The SMILES string of the molecule is CCC(C)(C)c1ccc(N(c2ccc(C(C)(C)CC)cc2)c2c(C)cc(C(C)(C)C)cc2C)cc1. The molecule has 0 atom stereocenters. The second kappa shape index (κ2) is 9.84. The topological polar surface area (TPSA) is 3.24 Å². The molecule has 35 heavy (non-hydrogen) atoms. The largest absolute Gasteiger partial charge is 0.310 e. The summed E-state index contributed by atoms with van der Waals surface area (Å²) in [5.74, 6) is 0. The van der Waals surface area contributed by atoms with Gasteiger partial charge in [-0.3, -0.25) is 0 Å². The standard InChI is InChI=1S/C34H47N/c1-12-33(8,9)26-14-18-29(19-15-26)35(30-20-16-27(17-21-30)34(10,11)13-2)31-24(3)22-28(23-25(31)4)32(5,6)7/h14-23H,12-13H2,1-11H3. The van der Waals surface area contributed by atoms with Gasteiger partial charge in [-0.15, -0.1) is 0 Å². The summed E-state index contributed by atoms with van der Waals surface area (Å²) in [5, 5.41) is 0. The van der Waals surface area contributed by atoms with Crippen molar-refractivity contribution in [3.05, 3.63) is 88.5 Å². The highest BCUT2D eigenvalue weighted by molar-refractivity contribution is 5.81. The van der Waals surface area contributed by atoms with Crippen LogP contribution in [0.3, 0.4) is 0 Å². The van der Waals surface area contributed by atoms with Crippen LogP contribution in [0, 0.1) is 13.8 Å². The van der Waals surface area contributed by atoms with Crippen LogP contribution < -0.4 is 4.90 Å². The molecule has 0 aliphatic rings. The van der Waals surface area contributed by atoms with Crippen molar-refractivity contribution in [1.29, 1.82) is 0 Å². The van der Waals surface area contributed by atoms with E-state index in [4.69, 9.17) is 0 Å². The molecule has 0 heterocycles. The van der Waals surface area contributed by atoms with Gasteiger partial charge in [-0.1, -0.05) is 98.7 Å². The van der Waals surface area contributed by atoms with Gasteiger partial charge < -0.3 is 4.90 Å². The fourth-order valence-corrected chi connectivity index (χ4v) is 4.68. The van der Waals surface area contributed by atoms with Crippen molar-refractivity contribution in [2.45, 2.75) is 105 Å². The molecule has 188 valence electrons. The third-order valence-electron chi connectivity index (χ3n) is 8.16. The maximum Gasteiger partial charge on any atom is 0.0520 e. The highest BCUT2D eigenvalue weighted by Gasteiger charge is 2.24. The van der Waals surface area contributed by atoms with Crippen molar-refractivity contribution < 1.29 is 0 Å². The Morgan fingerprint density at radius 2 is 0.886 bits per heavy atom. The summed E-state index contributed by atoms with van der Waals surface area (Å²) in [4.78, 5) is 2.45. The van der Waals surface area contributed by atoms with Crippen LogP contribution in [-0.2, 0) is 16.2 Å². The van der Waals surface area contributed by atoms with E-state index in [0.29, 0.717) is 0 Å². The second-order valence-electron chi connectivity index (χ2n) is 12.6. The number of nitrogens with zero attached hydrogens (tertiary/aromatic N) is 1. The average molecular weight is 470 g/mol. The van der Waals surface area contributed by atoms with Gasteiger partial charge in [0.2, 0.25) is 0 Å². The summed E-state index contributed by atoms with van der Waals surface area (Å²) in [5.41, 5.74) is 11.0. The minimum atomic E-state index is 0.125. The van der Waals surface area contributed by atoms with Crippen molar-refractivity contribution in [1.82, 2.24) is 0 Å². The van der Waals surface area contributed by atoms with Crippen LogP contribution in [-0.4, -0.2) is 0 Å². The lowest BCUT2D eigenvalue weighted by molar-refractivity contribution is 0.506. The van der Waals surface area contributed by atoms with Crippen LogP contribution in [0.4, 0.5) is 17.1 Å². The van der Waals surface area contributed by atoms with Crippen LogP contribution in [0.15, 0.2) is 60.7 Å². The number of aryl methyl sites for hydroxylation is 2. The zero-order chi connectivity index (χ0) is 26.2. The van der Waals surface area contributed by atoms with Crippen molar-refractivity contribution in [3.8, 4) is 0 Å². The molecule has 3 aromatic rings. The third-order valence-corrected chi connectivity index (χ3v) is 8.16. The van der Waals surface area contributed by atoms with E-state index < -0.39 is 0 Å². The molecule has 0 radical (unpaired) electrons. The molecule has 0 fully saturated rings. The van der Waals surface area contributed by atoms with Gasteiger partial charge in [-0.25, -0.2) is 0 Å². The Hall–Kier alpha value is -2.54. The number of hydrogen-bond acceptors (Lipinski definition) is 1. The average Bonchev–Trinajstić information content (AvgIpc) is 2.81. The second-order valence-corrected chi connectivity index (χ2v) is 12.6. The summed E-state index contributed by atoms with van der Waals surface area (Å²) < 4.78 is 0. The van der Waals surface area contributed by atoms with Gasteiger partial charge in [0.25, 0.3) is 0 Å². The van der Waals surface area contributed by atoms with Gasteiger partial charge in [0, 0.05) is 11.4 Å². The molecule has 0 unspecified atom stereocenters. The number of rotatable bonds is 7. The predicted molar refractivity (Wildman–Crippen MR) is 156 cm³/mol. The molecule has 0 aliphatic heterocycles. The number of benzene rings is 3. The molecule has 0 bridgehead atoms. The van der Waals surface area contributed by atoms with Gasteiger partial charge in [-0.05, 0) is 95.0 Å². The normalized spacial score (nSPS) is 12.7. The lowest BCUT2D eigenvalue weighted by Gasteiger charge is -2.32. The molecule has 0 N–H and O–H groups in total. The van der Waals surface area contributed by atoms with Crippen LogP contribution in [0.2, 0.25) is 0 Å². The predicted octanol–water partition coefficient (Wildman–Crippen LogP) is 10.4. The first-order chi connectivity index (χ1) is 16.2. The summed E-state index contributed by atoms with van der Waals surface area (Å²) in [6, 6.07) is 23.2. The number of hydrogen-bond donors (Lipinski definition) is 0. The molecule has 0 aromatic heterocycles. The lowest BCUT2D eigenvalue weighted by atomic mass is 9.82. The summed E-state index contributed by atoms with van der Waals surface area (Å²) >= 11 is 0. The van der Waals surface area contributed by atoms with E-state index in [1.54, 1.807) is 0 Å². The third kappa shape index (κ3) is 5.66. The van der Waals surface area contributed by atoms with Crippen LogP contribution in [0.1, 0.15) is 103 Å². The first kappa shape index (κ1) is 27.1. The van der Waals surface area contributed by atoms with Gasteiger partial charge in [0.05, 0.1) is 5.69 Å². The molecule has 0 spiro atoms. The van der Waals surface area contributed by atoms with Gasteiger partial charge in [0.15, 0.2) is 0 Å². The summed E-state index contributed by atoms with van der Waals surface area (Å²) in [6.07, 6.45) is 2.24. The first-order valence-electron chi connectivity index (χ1n) is 13.3. The molecule has 1 heteroatoms. The first-order valence-corrected chi connectivity index (χ1v) is 13.3. The van der Waals surface area contributed by atoms with Crippen molar-refractivity contribution in [2.75, 3.05) is 4.90 Å². The fraction of sp³-hybridized carbons (Fsp3) is 0.471. The zero-order valence-electron chi connectivity index (χ0n) is 24.1. The van der Waals surface area contributed by atoms with E-state index in [0.717, 1.165) is 12.8 Å². The maximum absolute atomic E-state index is 2.45. The smallest absolute Gasteiger partial charge is 0.0520 e. The van der Waals surface area contributed by atoms with E-state index in [9.17, 15) is 0 Å². The molecule has 0 aliphatic carbocycles.